The first-order chi connectivity index (χ1) is 14.2. The molecule has 1 aliphatic heterocycles. The molecular formula is C22H26N4O4. The van der Waals surface area contributed by atoms with Crippen molar-refractivity contribution in [3.05, 3.63) is 53.0 Å². The van der Waals surface area contributed by atoms with E-state index >= 15 is 0 Å². The molecule has 0 radical (unpaired) electrons. The molecule has 1 aliphatic rings. The van der Waals surface area contributed by atoms with Gasteiger partial charge in [0.1, 0.15) is 0 Å². The molecule has 0 saturated heterocycles. The van der Waals surface area contributed by atoms with E-state index in [-0.39, 0.29) is 12.3 Å². The highest BCUT2D eigenvalue weighted by molar-refractivity contribution is 5.96. The molecule has 2 aromatic rings. The summed E-state index contributed by atoms with van der Waals surface area (Å²) in [4.78, 5) is 38.7. The summed E-state index contributed by atoms with van der Waals surface area (Å²) in [6, 6.07) is 7.10. The fraction of sp³-hybridized carbons (Fsp3) is 0.364. The normalized spacial score (nSPS) is 16.0. The number of hydrogen-bond donors (Lipinski definition) is 1. The fourth-order valence-corrected chi connectivity index (χ4v) is 3.55. The summed E-state index contributed by atoms with van der Waals surface area (Å²) in [5.41, 5.74) is 3.91. The Hall–Kier alpha value is -3.42. The van der Waals surface area contributed by atoms with Crippen LogP contribution in [0.25, 0.3) is 6.08 Å². The standard InChI is InChI=1S/C22H26N4O4/c1-13-21(14(2)25(5)24-13)23-22(29)15(3)30-20(28)12-19-18-9-7-6-8-17(18)10-11-26(19)16(4)27/h6-11,15,19H,12H2,1-5H3,(H,23,29). The van der Waals surface area contributed by atoms with Crippen molar-refractivity contribution in [2.75, 3.05) is 5.32 Å². The van der Waals surface area contributed by atoms with E-state index in [0.717, 1.165) is 16.8 Å². The highest BCUT2D eigenvalue weighted by Crippen LogP contribution is 2.33. The molecule has 2 amide bonds. The quantitative estimate of drug-likeness (QED) is 0.765. The Morgan fingerprint density at radius 2 is 1.93 bits per heavy atom. The van der Waals surface area contributed by atoms with Crippen molar-refractivity contribution in [2.45, 2.75) is 46.3 Å². The van der Waals surface area contributed by atoms with Gasteiger partial charge in [0.25, 0.3) is 5.91 Å². The summed E-state index contributed by atoms with van der Waals surface area (Å²) in [6.07, 6.45) is 2.47. The lowest BCUT2D eigenvalue weighted by Gasteiger charge is -2.32. The Balaban J connectivity index is 1.68. The average molecular weight is 410 g/mol. The summed E-state index contributed by atoms with van der Waals surface area (Å²) >= 11 is 0. The number of aryl methyl sites for hydroxylation is 2. The van der Waals surface area contributed by atoms with Gasteiger partial charge in [-0.25, -0.2) is 0 Å². The van der Waals surface area contributed by atoms with Gasteiger partial charge in [0.15, 0.2) is 6.10 Å². The molecule has 2 unspecified atom stereocenters. The number of ether oxygens (including phenoxy) is 1. The zero-order valence-electron chi connectivity index (χ0n) is 17.8. The molecule has 3 rings (SSSR count). The highest BCUT2D eigenvalue weighted by Gasteiger charge is 2.30. The summed E-state index contributed by atoms with van der Waals surface area (Å²) < 4.78 is 7.05. The van der Waals surface area contributed by atoms with Gasteiger partial charge in [-0.3, -0.25) is 19.1 Å². The molecule has 2 atom stereocenters. The number of carbonyl (C=O) groups is 3. The van der Waals surface area contributed by atoms with Gasteiger partial charge in [0, 0.05) is 20.2 Å². The van der Waals surface area contributed by atoms with Crippen LogP contribution in [0.2, 0.25) is 0 Å². The maximum Gasteiger partial charge on any atom is 0.309 e. The third kappa shape index (κ3) is 4.27. The van der Waals surface area contributed by atoms with Crippen molar-refractivity contribution >= 4 is 29.5 Å². The Kier molecular flexibility index (Phi) is 6.05. The van der Waals surface area contributed by atoms with Crippen LogP contribution in [-0.4, -0.2) is 38.6 Å². The molecule has 158 valence electrons. The van der Waals surface area contributed by atoms with Crippen molar-refractivity contribution in [3.63, 3.8) is 0 Å². The zero-order valence-corrected chi connectivity index (χ0v) is 17.8. The van der Waals surface area contributed by atoms with Gasteiger partial charge in [-0.1, -0.05) is 24.3 Å². The molecule has 1 aromatic heterocycles. The molecule has 8 heteroatoms. The predicted molar refractivity (Wildman–Crippen MR) is 112 cm³/mol. The second kappa shape index (κ2) is 8.52. The monoisotopic (exact) mass is 410 g/mol. The van der Waals surface area contributed by atoms with Crippen LogP contribution >= 0.6 is 0 Å². The first-order valence-electron chi connectivity index (χ1n) is 9.75. The smallest absolute Gasteiger partial charge is 0.309 e. The number of hydrogen-bond acceptors (Lipinski definition) is 5. The lowest BCUT2D eigenvalue weighted by atomic mass is 9.94. The van der Waals surface area contributed by atoms with E-state index in [1.807, 2.05) is 37.3 Å². The van der Waals surface area contributed by atoms with E-state index in [9.17, 15) is 14.4 Å². The van der Waals surface area contributed by atoms with Crippen molar-refractivity contribution < 1.29 is 19.1 Å². The van der Waals surface area contributed by atoms with Crippen LogP contribution in [0, 0.1) is 13.8 Å². The van der Waals surface area contributed by atoms with Gasteiger partial charge in [-0.05, 0) is 38.0 Å². The highest BCUT2D eigenvalue weighted by atomic mass is 16.5. The molecular weight excluding hydrogens is 384 g/mol. The largest absolute Gasteiger partial charge is 0.452 e. The third-order valence-electron chi connectivity index (χ3n) is 5.26. The van der Waals surface area contributed by atoms with Crippen LogP contribution in [0.5, 0.6) is 0 Å². The number of anilines is 1. The molecule has 0 aliphatic carbocycles. The molecule has 0 fully saturated rings. The van der Waals surface area contributed by atoms with Crippen molar-refractivity contribution in [3.8, 4) is 0 Å². The molecule has 1 aromatic carbocycles. The molecule has 0 saturated carbocycles. The molecule has 8 nitrogen and oxygen atoms in total. The summed E-state index contributed by atoms with van der Waals surface area (Å²) in [6.45, 7) is 6.61. The van der Waals surface area contributed by atoms with E-state index in [2.05, 4.69) is 10.4 Å². The Bertz CT molecular complexity index is 1020. The van der Waals surface area contributed by atoms with Gasteiger partial charge in [-0.15, -0.1) is 0 Å². The number of aromatic nitrogens is 2. The van der Waals surface area contributed by atoms with Crippen LogP contribution in [0.3, 0.4) is 0 Å². The minimum absolute atomic E-state index is 0.0521. The third-order valence-corrected chi connectivity index (χ3v) is 5.26. The summed E-state index contributed by atoms with van der Waals surface area (Å²) in [5.74, 6) is -1.17. The molecule has 1 N–H and O–H groups in total. The van der Waals surface area contributed by atoms with Crippen molar-refractivity contribution in [1.82, 2.24) is 14.7 Å². The number of nitrogens with zero attached hydrogens (tertiary/aromatic N) is 3. The van der Waals surface area contributed by atoms with Gasteiger partial charge in [0.05, 0.1) is 29.5 Å². The number of benzene rings is 1. The summed E-state index contributed by atoms with van der Waals surface area (Å²) in [7, 11) is 1.79. The fourth-order valence-electron chi connectivity index (χ4n) is 3.55. The second-order valence-electron chi connectivity index (χ2n) is 7.38. The van der Waals surface area contributed by atoms with Crippen molar-refractivity contribution in [1.29, 1.82) is 0 Å². The predicted octanol–water partition coefficient (Wildman–Crippen LogP) is 2.87. The Morgan fingerprint density at radius 3 is 2.57 bits per heavy atom. The van der Waals surface area contributed by atoms with E-state index in [1.165, 1.54) is 18.7 Å². The lowest BCUT2D eigenvalue weighted by molar-refractivity contribution is -0.154. The Labute approximate surface area is 175 Å². The average Bonchev–Trinajstić information content (AvgIpc) is 2.93. The topological polar surface area (TPSA) is 93.5 Å². The van der Waals surface area contributed by atoms with Crippen molar-refractivity contribution in [2.24, 2.45) is 7.05 Å². The number of fused-ring (bicyclic) bond motifs is 1. The van der Waals surface area contributed by atoms with Crippen LogP contribution in [0.4, 0.5) is 5.69 Å². The van der Waals surface area contributed by atoms with Gasteiger partial charge in [0.2, 0.25) is 5.91 Å². The summed E-state index contributed by atoms with van der Waals surface area (Å²) in [5, 5.41) is 7.03. The van der Waals surface area contributed by atoms with Crippen LogP contribution in [0.15, 0.2) is 30.5 Å². The number of nitrogens with one attached hydrogen (secondary N) is 1. The number of carbonyl (C=O) groups excluding carboxylic acids is 3. The van der Waals surface area contributed by atoms with E-state index in [1.54, 1.807) is 24.9 Å². The SMILES string of the molecule is CC(=O)N1C=Cc2ccccc2C1CC(=O)OC(C)C(=O)Nc1c(C)nn(C)c1C. The van der Waals surface area contributed by atoms with E-state index in [0.29, 0.717) is 11.4 Å². The van der Waals surface area contributed by atoms with E-state index in [4.69, 9.17) is 4.74 Å². The van der Waals surface area contributed by atoms with Gasteiger partial charge >= 0.3 is 5.97 Å². The minimum atomic E-state index is -0.989. The van der Waals surface area contributed by atoms with Crippen LogP contribution in [-0.2, 0) is 26.2 Å². The zero-order chi connectivity index (χ0) is 22.0. The molecule has 2 heterocycles. The van der Waals surface area contributed by atoms with Crippen LogP contribution < -0.4 is 5.32 Å². The number of esters is 1. The minimum Gasteiger partial charge on any atom is -0.452 e. The first-order valence-corrected chi connectivity index (χ1v) is 9.75. The van der Waals surface area contributed by atoms with Gasteiger partial charge < -0.3 is 15.0 Å². The first kappa shape index (κ1) is 21.3. The van der Waals surface area contributed by atoms with Gasteiger partial charge in [-0.2, -0.15) is 5.10 Å². The number of amides is 2. The Morgan fingerprint density at radius 1 is 1.23 bits per heavy atom. The molecule has 0 bridgehead atoms. The number of rotatable bonds is 5. The maximum atomic E-state index is 12.6. The molecule has 0 spiro atoms. The van der Waals surface area contributed by atoms with Crippen LogP contribution in [0.1, 0.15) is 48.8 Å². The maximum absolute atomic E-state index is 12.6. The lowest BCUT2D eigenvalue weighted by Crippen LogP contribution is -2.35. The second-order valence-corrected chi connectivity index (χ2v) is 7.38. The molecule has 30 heavy (non-hydrogen) atoms. The van der Waals surface area contributed by atoms with E-state index < -0.39 is 24.0 Å².